The summed E-state index contributed by atoms with van der Waals surface area (Å²) in [4.78, 5) is 10.1. The summed E-state index contributed by atoms with van der Waals surface area (Å²) in [6.07, 6.45) is 3.59. The fourth-order valence-corrected chi connectivity index (χ4v) is 1.76. The first kappa shape index (κ1) is 11.2. The molecular weight excluding hydrogens is 230 g/mol. The first-order valence-corrected chi connectivity index (χ1v) is 5.61. The third-order valence-corrected chi connectivity index (χ3v) is 3.14. The van der Waals surface area contributed by atoms with Crippen molar-refractivity contribution in [1.82, 2.24) is 0 Å². The van der Waals surface area contributed by atoms with Gasteiger partial charge in [-0.05, 0) is 24.8 Å². The summed E-state index contributed by atoms with van der Waals surface area (Å²) >= 11 is 5.90. The molecule has 0 aromatic heterocycles. The monoisotopic (exact) mass is 241 g/mol. The van der Waals surface area contributed by atoms with E-state index in [1.54, 1.807) is 0 Å². The molecule has 0 radical (unpaired) electrons. The molecule has 4 nitrogen and oxygen atoms in total. The predicted octanol–water partition coefficient (Wildman–Crippen LogP) is 3.43. The van der Waals surface area contributed by atoms with Gasteiger partial charge >= 0.3 is 0 Å². The highest BCUT2D eigenvalue weighted by Gasteiger charge is 2.19. The molecule has 2 rings (SSSR count). The van der Waals surface area contributed by atoms with Gasteiger partial charge in [0.05, 0.1) is 22.6 Å². The first-order valence-electron chi connectivity index (χ1n) is 5.23. The summed E-state index contributed by atoms with van der Waals surface area (Å²) in [5.41, 5.74) is 0.00742. The molecule has 1 saturated carbocycles. The van der Waals surface area contributed by atoms with Crippen LogP contribution in [0.25, 0.3) is 0 Å². The van der Waals surface area contributed by atoms with E-state index in [9.17, 15) is 10.1 Å². The fourth-order valence-electron chi connectivity index (χ4n) is 1.58. The van der Waals surface area contributed by atoms with Gasteiger partial charge in [0.1, 0.15) is 5.75 Å². The normalized spacial score (nSPS) is 15.6. The highest BCUT2D eigenvalue weighted by atomic mass is 35.5. The minimum Gasteiger partial charge on any atom is -0.491 e. The molecule has 16 heavy (non-hydrogen) atoms. The van der Waals surface area contributed by atoms with Crippen LogP contribution < -0.4 is 4.74 Å². The minimum absolute atomic E-state index is 0.00742. The molecule has 0 spiro atoms. The third-order valence-electron chi connectivity index (χ3n) is 2.82. The molecule has 0 saturated heterocycles. The van der Waals surface area contributed by atoms with Gasteiger partial charge in [0.25, 0.3) is 5.69 Å². The van der Waals surface area contributed by atoms with Crippen molar-refractivity contribution < 1.29 is 9.66 Å². The highest BCUT2D eigenvalue weighted by Crippen LogP contribution is 2.32. The number of non-ortho nitro benzene ring substituents is 1. The lowest BCUT2D eigenvalue weighted by molar-refractivity contribution is -0.384. The summed E-state index contributed by atoms with van der Waals surface area (Å²) in [7, 11) is 0. The second-order valence-electron chi connectivity index (χ2n) is 3.98. The molecule has 5 heteroatoms. The van der Waals surface area contributed by atoms with Crippen LogP contribution in [0, 0.1) is 16.0 Å². The first-order chi connectivity index (χ1) is 7.66. The van der Waals surface area contributed by atoms with Crippen molar-refractivity contribution in [3.05, 3.63) is 33.3 Å². The molecule has 1 aromatic carbocycles. The standard InChI is InChI=1S/C11H12ClNO3/c12-10-5-4-9(13(14)15)6-11(10)16-7-8-2-1-3-8/h4-6,8H,1-3,7H2. The average Bonchev–Trinajstić information content (AvgIpc) is 2.18. The number of ether oxygens (including phenoxy) is 1. The van der Waals surface area contributed by atoms with Gasteiger partial charge in [0.15, 0.2) is 0 Å². The summed E-state index contributed by atoms with van der Waals surface area (Å²) < 4.78 is 5.50. The molecule has 1 fully saturated rings. The van der Waals surface area contributed by atoms with Gasteiger partial charge in [-0.1, -0.05) is 18.0 Å². The Morgan fingerprint density at radius 1 is 1.50 bits per heavy atom. The van der Waals surface area contributed by atoms with Crippen LogP contribution in [0.3, 0.4) is 0 Å². The second kappa shape index (κ2) is 4.70. The number of rotatable bonds is 4. The SMILES string of the molecule is O=[N+]([O-])c1ccc(Cl)c(OCC2CCC2)c1. The maximum atomic E-state index is 10.6. The van der Waals surface area contributed by atoms with Crippen molar-refractivity contribution in [3.8, 4) is 5.75 Å². The molecule has 0 heterocycles. The molecular formula is C11H12ClNO3. The van der Waals surface area contributed by atoms with Crippen molar-refractivity contribution in [2.75, 3.05) is 6.61 Å². The molecule has 0 N–H and O–H groups in total. The Hall–Kier alpha value is -1.29. The smallest absolute Gasteiger partial charge is 0.273 e. The van der Waals surface area contributed by atoms with Crippen molar-refractivity contribution in [1.29, 1.82) is 0 Å². The number of halogens is 1. The van der Waals surface area contributed by atoms with E-state index >= 15 is 0 Å². The zero-order valence-electron chi connectivity index (χ0n) is 8.69. The van der Waals surface area contributed by atoms with E-state index in [0.717, 1.165) is 0 Å². The van der Waals surface area contributed by atoms with E-state index in [4.69, 9.17) is 16.3 Å². The average molecular weight is 242 g/mol. The summed E-state index contributed by atoms with van der Waals surface area (Å²) in [5, 5.41) is 11.0. The molecule has 0 unspecified atom stereocenters. The zero-order valence-corrected chi connectivity index (χ0v) is 9.44. The van der Waals surface area contributed by atoms with Crippen molar-refractivity contribution in [2.24, 2.45) is 5.92 Å². The Kier molecular flexibility index (Phi) is 3.29. The van der Waals surface area contributed by atoms with Gasteiger partial charge in [0.2, 0.25) is 0 Å². The van der Waals surface area contributed by atoms with Crippen molar-refractivity contribution in [3.63, 3.8) is 0 Å². The minimum atomic E-state index is -0.452. The molecule has 0 aliphatic heterocycles. The number of benzene rings is 1. The molecule has 0 bridgehead atoms. The van der Waals surface area contributed by atoms with Crippen LogP contribution >= 0.6 is 11.6 Å². The zero-order chi connectivity index (χ0) is 11.5. The quantitative estimate of drug-likeness (QED) is 0.599. The van der Waals surface area contributed by atoms with Gasteiger partial charge in [-0.25, -0.2) is 0 Å². The van der Waals surface area contributed by atoms with Crippen LogP contribution in [0.5, 0.6) is 5.75 Å². The second-order valence-corrected chi connectivity index (χ2v) is 4.39. The van der Waals surface area contributed by atoms with E-state index < -0.39 is 4.92 Å². The Morgan fingerprint density at radius 3 is 2.81 bits per heavy atom. The maximum absolute atomic E-state index is 10.6. The van der Waals surface area contributed by atoms with Crippen molar-refractivity contribution >= 4 is 17.3 Å². The van der Waals surface area contributed by atoms with E-state index in [2.05, 4.69) is 0 Å². The Morgan fingerprint density at radius 2 is 2.25 bits per heavy atom. The number of nitrogens with zero attached hydrogens (tertiary/aromatic N) is 1. The number of hydrogen-bond acceptors (Lipinski definition) is 3. The molecule has 0 atom stereocenters. The van der Waals surface area contributed by atoms with E-state index in [1.165, 1.54) is 37.5 Å². The molecule has 1 aromatic rings. The van der Waals surface area contributed by atoms with Gasteiger partial charge in [-0.3, -0.25) is 10.1 Å². The maximum Gasteiger partial charge on any atom is 0.273 e. The van der Waals surface area contributed by atoms with Crippen LogP contribution in [-0.4, -0.2) is 11.5 Å². The van der Waals surface area contributed by atoms with Gasteiger partial charge in [-0.15, -0.1) is 0 Å². The Labute approximate surface area is 98.3 Å². The van der Waals surface area contributed by atoms with Crippen LogP contribution in [0.2, 0.25) is 5.02 Å². The van der Waals surface area contributed by atoms with E-state index in [-0.39, 0.29) is 5.69 Å². The molecule has 1 aliphatic rings. The lowest BCUT2D eigenvalue weighted by Crippen LogP contribution is -2.19. The third kappa shape index (κ3) is 2.44. The van der Waals surface area contributed by atoms with Crippen molar-refractivity contribution in [2.45, 2.75) is 19.3 Å². The summed E-state index contributed by atoms with van der Waals surface area (Å²) in [6.45, 7) is 0.598. The van der Waals surface area contributed by atoms with Crippen LogP contribution in [0.15, 0.2) is 18.2 Å². The topological polar surface area (TPSA) is 52.4 Å². The Bertz CT molecular complexity index is 404. The lowest BCUT2D eigenvalue weighted by Gasteiger charge is -2.25. The van der Waals surface area contributed by atoms with Gasteiger partial charge in [0, 0.05) is 6.07 Å². The van der Waals surface area contributed by atoms with Crippen LogP contribution in [0.1, 0.15) is 19.3 Å². The highest BCUT2D eigenvalue weighted by molar-refractivity contribution is 6.32. The number of nitro groups is 1. The van der Waals surface area contributed by atoms with Crippen LogP contribution in [-0.2, 0) is 0 Å². The lowest BCUT2D eigenvalue weighted by atomic mass is 9.86. The largest absolute Gasteiger partial charge is 0.491 e. The van der Waals surface area contributed by atoms with Gasteiger partial charge in [-0.2, -0.15) is 0 Å². The van der Waals surface area contributed by atoms with E-state index in [0.29, 0.717) is 23.3 Å². The van der Waals surface area contributed by atoms with Crippen LogP contribution in [0.4, 0.5) is 5.69 Å². The Balaban J connectivity index is 2.05. The summed E-state index contributed by atoms with van der Waals surface area (Å²) in [6, 6.07) is 4.25. The van der Waals surface area contributed by atoms with E-state index in [1.807, 2.05) is 0 Å². The fraction of sp³-hybridized carbons (Fsp3) is 0.455. The molecule has 0 amide bonds. The number of hydrogen-bond donors (Lipinski definition) is 0. The molecule has 86 valence electrons. The number of nitro benzene ring substituents is 1. The summed E-state index contributed by atoms with van der Waals surface area (Å²) in [5.74, 6) is 0.984. The predicted molar refractivity (Wildman–Crippen MR) is 60.9 cm³/mol. The van der Waals surface area contributed by atoms with Gasteiger partial charge < -0.3 is 4.74 Å². The molecule has 1 aliphatic carbocycles.